The molecule has 1 aliphatic rings. The molecule has 1 aromatic carbocycles. The zero-order valence-corrected chi connectivity index (χ0v) is 11.5. The maximum absolute atomic E-state index is 13.6. The molecular weight excluding hydrogens is 302 g/mol. The van der Waals surface area contributed by atoms with Crippen LogP contribution in [-0.2, 0) is 0 Å². The fourth-order valence-electron chi connectivity index (χ4n) is 2.26. The molecule has 5 heteroatoms. The Morgan fingerprint density at radius 3 is 2.28 bits per heavy atom. The van der Waals surface area contributed by atoms with E-state index < -0.39 is 11.6 Å². The standard InChI is InChI=1S/C13H15BrF2N2/c14-9-6-10(15)12(11(16)7-9)18-13(17)8-4-2-1-3-5-8/h6-8H,1-5H2,(H2,17,18). The van der Waals surface area contributed by atoms with Gasteiger partial charge in [-0.05, 0) is 25.0 Å². The van der Waals surface area contributed by atoms with Crippen LogP contribution in [0.5, 0.6) is 0 Å². The third kappa shape index (κ3) is 3.07. The third-order valence-corrected chi connectivity index (χ3v) is 3.70. The number of halogens is 3. The van der Waals surface area contributed by atoms with Crippen molar-refractivity contribution in [2.45, 2.75) is 32.1 Å². The van der Waals surface area contributed by atoms with E-state index in [2.05, 4.69) is 20.9 Å². The molecule has 0 heterocycles. The van der Waals surface area contributed by atoms with Gasteiger partial charge in [0, 0.05) is 10.4 Å². The summed E-state index contributed by atoms with van der Waals surface area (Å²) in [6, 6.07) is 2.38. The van der Waals surface area contributed by atoms with Crippen molar-refractivity contribution in [2.24, 2.45) is 16.6 Å². The molecule has 2 rings (SSSR count). The molecule has 0 atom stereocenters. The minimum Gasteiger partial charge on any atom is -0.387 e. The van der Waals surface area contributed by atoms with Gasteiger partial charge in [-0.25, -0.2) is 13.8 Å². The van der Waals surface area contributed by atoms with Crippen molar-refractivity contribution in [2.75, 3.05) is 0 Å². The Kier molecular flexibility index (Phi) is 4.32. The van der Waals surface area contributed by atoms with E-state index in [1.165, 1.54) is 18.6 Å². The summed E-state index contributed by atoms with van der Waals surface area (Å²) in [5.41, 5.74) is 5.57. The number of rotatable bonds is 2. The molecule has 1 aromatic rings. The molecule has 0 aromatic heterocycles. The van der Waals surface area contributed by atoms with Gasteiger partial charge in [0.25, 0.3) is 0 Å². The first-order valence-electron chi connectivity index (χ1n) is 6.06. The van der Waals surface area contributed by atoms with Crippen molar-refractivity contribution in [1.82, 2.24) is 0 Å². The second-order valence-electron chi connectivity index (χ2n) is 4.59. The van der Waals surface area contributed by atoms with Crippen LogP contribution in [0.1, 0.15) is 32.1 Å². The number of nitrogens with two attached hydrogens (primary N) is 1. The topological polar surface area (TPSA) is 38.4 Å². The van der Waals surface area contributed by atoms with Crippen LogP contribution >= 0.6 is 15.9 Å². The van der Waals surface area contributed by atoms with E-state index in [9.17, 15) is 8.78 Å². The number of aliphatic imine (C=N–C) groups is 1. The lowest BCUT2D eigenvalue weighted by atomic mass is 9.88. The number of hydrogen-bond donors (Lipinski definition) is 1. The Hall–Kier alpha value is -0.970. The van der Waals surface area contributed by atoms with Crippen molar-refractivity contribution < 1.29 is 8.78 Å². The second kappa shape index (κ2) is 5.78. The molecule has 1 aliphatic carbocycles. The third-order valence-electron chi connectivity index (χ3n) is 3.25. The van der Waals surface area contributed by atoms with Crippen molar-refractivity contribution in [1.29, 1.82) is 0 Å². The van der Waals surface area contributed by atoms with Gasteiger partial charge < -0.3 is 5.73 Å². The molecule has 0 amide bonds. The van der Waals surface area contributed by atoms with Gasteiger partial charge in [0.1, 0.15) is 11.5 Å². The second-order valence-corrected chi connectivity index (χ2v) is 5.51. The van der Waals surface area contributed by atoms with Crippen LogP contribution in [0.2, 0.25) is 0 Å². The monoisotopic (exact) mass is 316 g/mol. The van der Waals surface area contributed by atoms with E-state index in [0.29, 0.717) is 10.3 Å². The van der Waals surface area contributed by atoms with Gasteiger partial charge >= 0.3 is 0 Å². The molecule has 0 spiro atoms. The molecule has 2 nitrogen and oxygen atoms in total. The maximum atomic E-state index is 13.6. The fraction of sp³-hybridized carbons (Fsp3) is 0.462. The van der Waals surface area contributed by atoms with Gasteiger partial charge in [0.2, 0.25) is 0 Å². The number of nitrogens with zero attached hydrogens (tertiary/aromatic N) is 1. The molecule has 1 saturated carbocycles. The minimum atomic E-state index is -0.694. The largest absolute Gasteiger partial charge is 0.387 e. The normalized spacial score (nSPS) is 18.1. The summed E-state index contributed by atoms with van der Waals surface area (Å²) in [5.74, 6) is -0.891. The Balaban J connectivity index is 2.26. The maximum Gasteiger partial charge on any atom is 0.153 e. The Morgan fingerprint density at radius 1 is 1.17 bits per heavy atom. The number of amidine groups is 1. The Labute approximate surface area is 113 Å². The molecule has 0 bridgehead atoms. The highest BCUT2D eigenvalue weighted by Gasteiger charge is 2.18. The van der Waals surface area contributed by atoms with E-state index in [4.69, 9.17) is 5.73 Å². The molecule has 0 radical (unpaired) electrons. The van der Waals surface area contributed by atoms with Crippen molar-refractivity contribution >= 4 is 27.5 Å². The zero-order valence-electron chi connectivity index (χ0n) is 9.93. The lowest BCUT2D eigenvalue weighted by Gasteiger charge is -2.20. The highest BCUT2D eigenvalue weighted by molar-refractivity contribution is 9.10. The molecule has 1 fully saturated rings. The lowest BCUT2D eigenvalue weighted by Crippen LogP contribution is -2.25. The van der Waals surface area contributed by atoms with Gasteiger partial charge in [-0.2, -0.15) is 0 Å². The van der Waals surface area contributed by atoms with Gasteiger partial charge in [-0.1, -0.05) is 35.2 Å². The first-order valence-corrected chi connectivity index (χ1v) is 6.86. The summed E-state index contributed by atoms with van der Waals surface area (Å²) < 4.78 is 27.6. The molecular formula is C13H15BrF2N2. The summed E-state index contributed by atoms with van der Waals surface area (Å²) in [5, 5.41) is 0. The predicted molar refractivity (Wildman–Crippen MR) is 71.9 cm³/mol. The van der Waals surface area contributed by atoms with Crippen LogP contribution in [-0.4, -0.2) is 5.84 Å². The number of hydrogen-bond acceptors (Lipinski definition) is 1. The van der Waals surface area contributed by atoms with Crippen molar-refractivity contribution in [3.63, 3.8) is 0 Å². The minimum absolute atomic E-state index is 0.154. The smallest absolute Gasteiger partial charge is 0.153 e. The Morgan fingerprint density at radius 2 is 1.72 bits per heavy atom. The van der Waals surface area contributed by atoms with Crippen LogP contribution < -0.4 is 5.73 Å². The molecule has 0 saturated heterocycles. The highest BCUT2D eigenvalue weighted by atomic mass is 79.9. The van der Waals surface area contributed by atoms with Gasteiger partial charge in [0.15, 0.2) is 11.6 Å². The molecule has 0 unspecified atom stereocenters. The first-order chi connectivity index (χ1) is 8.58. The van der Waals surface area contributed by atoms with Crippen molar-refractivity contribution in [3.8, 4) is 0 Å². The summed E-state index contributed by atoms with van der Waals surface area (Å²) >= 11 is 3.03. The van der Waals surface area contributed by atoms with E-state index in [1.54, 1.807) is 0 Å². The molecule has 0 aliphatic heterocycles. The molecule has 18 heavy (non-hydrogen) atoms. The van der Waals surface area contributed by atoms with Crippen LogP contribution in [0, 0.1) is 17.6 Å². The van der Waals surface area contributed by atoms with Crippen LogP contribution in [0.4, 0.5) is 14.5 Å². The van der Waals surface area contributed by atoms with E-state index in [0.717, 1.165) is 25.7 Å². The quantitative estimate of drug-likeness (QED) is 0.641. The summed E-state index contributed by atoms with van der Waals surface area (Å²) in [7, 11) is 0. The van der Waals surface area contributed by atoms with E-state index >= 15 is 0 Å². The highest BCUT2D eigenvalue weighted by Crippen LogP contribution is 2.29. The summed E-state index contributed by atoms with van der Waals surface area (Å²) in [6.07, 6.45) is 5.31. The predicted octanol–water partition coefficient (Wildman–Crippen LogP) is 4.30. The van der Waals surface area contributed by atoms with Crippen LogP contribution in [0.25, 0.3) is 0 Å². The van der Waals surface area contributed by atoms with Gasteiger partial charge in [-0.3, -0.25) is 0 Å². The number of benzene rings is 1. The zero-order chi connectivity index (χ0) is 13.1. The van der Waals surface area contributed by atoms with Crippen LogP contribution in [0.15, 0.2) is 21.6 Å². The fourth-order valence-corrected chi connectivity index (χ4v) is 2.66. The van der Waals surface area contributed by atoms with E-state index in [-0.39, 0.29) is 11.6 Å². The SMILES string of the molecule is NC(=Nc1c(F)cc(Br)cc1F)C1CCCCC1. The first kappa shape index (κ1) is 13.5. The summed E-state index contributed by atoms with van der Waals surface area (Å²) in [4.78, 5) is 3.95. The van der Waals surface area contributed by atoms with Gasteiger partial charge in [-0.15, -0.1) is 0 Å². The lowest BCUT2D eigenvalue weighted by molar-refractivity contribution is 0.437. The summed E-state index contributed by atoms with van der Waals surface area (Å²) in [6.45, 7) is 0. The van der Waals surface area contributed by atoms with Crippen LogP contribution in [0.3, 0.4) is 0 Å². The molecule has 98 valence electrons. The average molecular weight is 317 g/mol. The molecule has 2 N–H and O–H groups in total. The average Bonchev–Trinajstić information content (AvgIpc) is 2.34. The van der Waals surface area contributed by atoms with E-state index in [1.807, 2.05) is 0 Å². The van der Waals surface area contributed by atoms with Crippen molar-refractivity contribution in [3.05, 3.63) is 28.2 Å². The van der Waals surface area contributed by atoms with Gasteiger partial charge in [0.05, 0.1) is 0 Å². The Bertz CT molecular complexity index is 445.